The number of likely N-dealkylation sites (tertiary alicyclic amines) is 1. The van der Waals surface area contributed by atoms with Gasteiger partial charge in [-0.05, 0) is 31.4 Å². The van der Waals surface area contributed by atoms with Gasteiger partial charge in [0.25, 0.3) is 0 Å². The van der Waals surface area contributed by atoms with Crippen molar-refractivity contribution in [1.29, 1.82) is 0 Å². The highest BCUT2D eigenvalue weighted by molar-refractivity contribution is 7.91. The van der Waals surface area contributed by atoms with Gasteiger partial charge in [0, 0.05) is 19.1 Å². The van der Waals surface area contributed by atoms with Crippen LogP contribution in [0.3, 0.4) is 0 Å². The Morgan fingerprint density at radius 2 is 2.00 bits per heavy atom. The van der Waals surface area contributed by atoms with Crippen molar-refractivity contribution in [1.82, 2.24) is 9.80 Å². The number of benzene rings is 1. The summed E-state index contributed by atoms with van der Waals surface area (Å²) in [6.07, 6.45) is 2.72. The molecule has 23 heavy (non-hydrogen) atoms. The molecule has 3 rings (SSSR count). The van der Waals surface area contributed by atoms with Gasteiger partial charge in [0.15, 0.2) is 9.84 Å². The zero-order chi connectivity index (χ0) is 16.4. The topological polar surface area (TPSA) is 57.7 Å². The first-order valence-corrected chi connectivity index (χ1v) is 10.0. The van der Waals surface area contributed by atoms with Crippen LogP contribution in [-0.4, -0.2) is 61.8 Å². The van der Waals surface area contributed by atoms with E-state index in [1.165, 1.54) is 5.56 Å². The molecule has 2 aliphatic rings. The number of rotatable bonds is 4. The number of carbonyl (C=O) groups is 1. The van der Waals surface area contributed by atoms with Gasteiger partial charge in [0.2, 0.25) is 5.91 Å². The average Bonchev–Trinajstić information content (AvgIpc) is 3.13. The summed E-state index contributed by atoms with van der Waals surface area (Å²) in [6.45, 7) is 1.29. The number of likely N-dealkylation sites (N-methyl/N-ethyl adjacent to an activating group) is 1. The second-order valence-corrected chi connectivity index (χ2v) is 8.83. The van der Waals surface area contributed by atoms with E-state index in [-0.39, 0.29) is 23.5 Å². The van der Waals surface area contributed by atoms with Crippen LogP contribution in [0.15, 0.2) is 30.3 Å². The second kappa shape index (κ2) is 6.61. The fourth-order valence-electron chi connectivity index (χ4n) is 3.64. The van der Waals surface area contributed by atoms with Crippen LogP contribution >= 0.6 is 0 Å². The van der Waals surface area contributed by atoms with Crippen LogP contribution in [0.25, 0.3) is 0 Å². The van der Waals surface area contributed by atoms with Gasteiger partial charge < -0.3 is 4.90 Å². The molecule has 2 fully saturated rings. The molecule has 2 saturated heterocycles. The van der Waals surface area contributed by atoms with Crippen molar-refractivity contribution in [2.75, 3.05) is 31.6 Å². The van der Waals surface area contributed by atoms with Crippen LogP contribution in [0.1, 0.15) is 30.9 Å². The predicted molar refractivity (Wildman–Crippen MR) is 89.8 cm³/mol. The Kier molecular flexibility index (Phi) is 4.73. The van der Waals surface area contributed by atoms with Gasteiger partial charge in [-0.1, -0.05) is 30.3 Å². The minimum absolute atomic E-state index is 0.0231. The molecule has 0 aliphatic carbocycles. The fraction of sp³-hybridized carbons (Fsp3) is 0.588. The smallest absolute Gasteiger partial charge is 0.236 e. The molecule has 1 aromatic rings. The summed E-state index contributed by atoms with van der Waals surface area (Å²) in [5, 5.41) is 0. The Hall–Kier alpha value is -1.40. The first-order chi connectivity index (χ1) is 11.0. The van der Waals surface area contributed by atoms with Gasteiger partial charge in [-0.25, -0.2) is 8.42 Å². The number of carbonyl (C=O) groups excluding carboxylic acids is 1. The number of nitrogens with zero attached hydrogens (tertiary/aromatic N) is 2. The molecule has 0 N–H and O–H groups in total. The summed E-state index contributed by atoms with van der Waals surface area (Å²) in [5.74, 6) is 0.332. The Labute approximate surface area is 138 Å². The lowest BCUT2D eigenvalue weighted by atomic mass is 10.0. The summed E-state index contributed by atoms with van der Waals surface area (Å²) in [7, 11) is -1.22. The van der Waals surface area contributed by atoms with E-state index >= 15 is 0 Å². The molecule has 0 bridgehead atoms. The Balaban J connectivity index is 1.63. The molecule has 0 spiro atoms. The number of hydrogen-bond acceptors (Lipinski definition) is 4. The molecule has 0 unspecified atom stereocenters. The normalized spacial score (nSPS) is 27.2. The maximum absolute atomic E-state index is 12.6. The van der Waals surface area contributed by atoms with Gasteiger partial charge >= 0.3 is 0 Å². The molecule has 0 radical (unpaired) electrons. The van der Waals surface area contributed by atoms with Gasteiger partial charge in [-0.15, -0.1) is 0 Å². The molecule has 1 aromatic carbocycles. The van der Waals surface area contributed by atoms with Crippen LogP contribution < -0.4 is 0 Å². The predicted octanol–water partition coefficient (Wildman–Crippen LogP) is 1.47. The van der Waals surface area contributed by atoms with Gasteiger partial charge in [-0.3, -0.25) is 9.69 Å². The first kappa shape index (κ1) is 16.5. The number of amides is 1. The zero-order valence-corrected chi connectivity index (χ0v) is 14.3. The zero-order valence-electron chi connectivity index (χ0n) is 13.5. The summed E-state index contributed by atoms with van der Waals surface area (Å²) < 4.78 is 23.2. The van der Waals surface area contributed by atoms with E-state index in [2.05, 4.69) is 17.0 Å². The van der Waals surface area contributed by atoms with E-state index in [0.29, 0.717) is 19.0 Å². The number of hydrogen-bond donors (Lipinski definition) is 0. The maximum atomic E-state index is 12.6. The van der Waals surface area contributed by atoms with Crippen molar-refractivity contribution in [3.8, 4) is 0 Å². The van der Waals surface area contributed by atoms with Gasteiger partial charge in [0.05, 0.1) is 18.1 Å². The van der Waals surface area contributed by atoms with Crippen LogP contribution in [0.4, 0.5) is 0 Å². The van der Waals surface area contributed by atoms with Crippen molar-refractivity contribution in [2.24, 2.45) is 0 Å². The third-order valence-corrected chi connectivity index (χ3v) is 6.79. The third kappa shape index (κ3) is 3.75. The van der Waals surface area contributed by atoms with E-state index in [9.17, 15) is 13.2 Å². The summed E-state index contributed by atoms with van der Waals surface area (Å²) in [5.41, 5.74) is 1.25. The van der Waals surface area contributed by atoms with Crippen molar-refractivity contribution < 1.29 is 13.2 Å². The highest BCUT2D eigenvalue weighted by Gasteiger charge is 2.34. The highest BCUT2D eigenvalue weighted by Crippen LogP contribution is 2.31. The van der Waals surface area contributed by atoms with Crippen molar-refractivity contribution in [2.45, 2.75) is 31.3 Å². The first-order valence-electron chi connectivity index (χ1n) is 8.21. The lowest BCUT2D eigenvalue weighted by Gasteiger charge is -2.29. The van der Waals surface area contributed by atoms with Crippen molar-refractivity contribution in [3.05, 3.63) is 35.9 Å². The van der Waals surface area contributed by atoms with E-state index < -0.39 is 9.84 Å². The molecular formula is C17H24N2O3S. The molecule has 0 saturated carbocycles. The minimum Gasteiger partial charge on any atom is -0.341 e. The Morgan fingerprint density at radius 1 is 1.26 bits per heavy atom. The Morgan fingerprint density at radius 3 is 2.65 bits per heavy atom. The van der Waals surface area contributed by atoms with Crippen LogP contribution in [0.2, 0.25) is 0 Å². The third-order valence-electron chi connectivity index (χ3n) is 5.04. The van der Waals surface area contributed by atoms with Crippen LogP contribution in [-0.2, 0) is 14.6 Å². The van der Waals surface area contributed by atoms with Gasteiger partial charge in [-0.2, -0.15) is 0 Å². The molecule has 2 atom stereocenters. The Bertz CT molecular complexity index is 660. The lowest BCUT2D eigenvalue weighted by molar-refractivity contribution is -0.133. The fourth-order valence-corrected chi connectivity index (χ4v) is 5.41. The maximum Gasteiger partial charge on any atom is 0.236 e. The molecule has 126 valence electrons. The van der Waals surface area contributed by atoms with E-state index in [1.54, 1.807) is 11.9 Å². The summed E-state index contributed by atoms with van der Waals surface area (Å²) in [4.78, 5) is 16.4. The monoisotopic (exact) mass is 336 g/mol. The van der Waals surface area contributed by atoms with Gasteiger partial charge in [0.1, 0.15) is 0 Å². The summed E-state index contributed by atoms with van der Waals surface area (Å²) >= 11 is 0. The largest absolute Gasteiger partial charge is 0.341 e. The average molecular weight is 336 g/mol. The van der Waals surface area contributed by atoms with E-state index in [0.717, 1.165) is 19.4 Å². The molecule has 5 nitrogen and oxygen atoms in total. The summed E-state index contributed by atoms with van der Waals surface area (Å²) in [6, 6.07) is 10.4. The van der Waals surface area contributed by atoms with Crippen LogP contribution in [0.5, 0.6) is 0 Å². The molecule has 0 aromatic heterocycles. The van der Waals surface area contributed by atoms with Crippen molar-refractivity contribution in [3.63, 3.8) is 0 Å². The molecule has 6 heteroatoms. The number of sulfone groups is 1. The van der Waals surface area contributed by atoms with E-state index in [4.69, 9.17) is 0 Å². The minimum atomic E-state index is -2.96. The van der Waals surface area contributed by atoms with Crippen molar-refractivity contribution >= 4 is 15.7 Å². The van der Waals surface area contributed by atoms with Crippen LogP contribution in [0, 0.1) is 0 Å². The SMILES string of the molecule is CN(C(=O)CN1CCC[C@@H]1c1ccccc1)[C@@H]1CCS(=O)(=O)C1. The quantitative estimate of drug-likeness (QED) is 0.835. The second-order valence-electron chi connectivity index (χ2n) is 6.60. The molecule has 2 heterocycles. The van der Waals surface area contributed by atoms with E-state index in [1.807, 2.05) is 18.2 Å². The molecular weight excluding hydrogens is 312 g/mol. The molecule has 2 aliphatic heterocycles. The highest BCUT2D eigenvalue weighted by atomic mass is 32.2. The standard InChI is InChI=1S/C17H24N2O3S/c1-18(15-9-11-23(21,22)13-15)17(20)12-19-10-5-8-16(19)14-6-3-2-4-7-14/h2-4,6-7,15-16H,5,8-13H2,1H3/t15-,16-/m1/s1. The molecule has 1 amide bonds. The lowest BCUT2D eigenvalue weighted by Crippen LogP contribution is -2.43.